The van der Waals surface area contributed by atoms with Crippen molar-refractivity contribution in [2.45, 2.75) is 162 Å². The summed E-state index contributed by atoms with van der Waals surface area (Å²) in [7, 11) is 12.1. The third kappa shape index (κ3) is 29.2. The van der Waals surface area contributed by atoms with Crippen LogP contribution < -0.4 is 0 Å². The zero-order valence-electron chi connectivity index (χ0n) is 28.8. The Morgan fingerprint density at radius 3 is 0.846 bits per heavy atom. The summed E-state index contributed by atoms with van der Waals surface area (Å²) >= 11 is 0. The molecule has 0 saturated heterocycles. The Morgan fingerprint density at radius 2 is 0.564 bits per heavy atom. The van der Waals surface area contributed by atoms with Gasteiger partial charge in [-0.15, -0.1) is 0 Å². The molecule has 0 fully saturated rings. The Bertz CT molecular complexity index is 488. The molecule has 0 aromatic rings. The maximum Gasteiger partial charge on any atom is 0.0794 e. The molecular weight excluding hydrogens is 474 g/mol. The quantitative estimate of drug-likeness (QED) is 0.0609. The molecule has 0 aliphatic heterocycles. The highest BCUT2D eigenvalue weighted by atomic mass is 15.3. The monoisotopic (exact) mass is 554 g/mol. The maximum absolute atomic E-state index is 2.59. The van der Waals surface area contributed by atoms with Gasteiger partial charge < -0.3 is 13.9 Å². The lowest BCUT2D eigenvalue weighted by Crippen LogP contribution is -2.43. The zero-order valence-corrected chi connectivity index (χ0v) is 28.8. The predicted molar refractivity (Wildman–Crippen MR) is 179 cm³/mol. The molecule has 0 spiro atoms. The summed E-state index contributed by atoms with van der Waals surface area (Å²) in [4.78, 5) is 2.59. The minimum absolute atomic E-state index is 1.20. The van der Waals surface area contributed by atoms with Crippen molar-refractivity contribution in [3.8, 4) is 0 Å². The first-order valence-electron chi connectivity index (χ1n) is 18.0. The smallest absolute Gasteiger partial charge is 0.0794 e. The molecular formula is C36H79N3+2. The van der Waals surface area contributed by atoms with Crippen molar-refractivity contribution < 1.29 is 8.97 Å². The lowest BCUT2D eigenvalue weighted by Gasteiger charge is -2.32. The molecule has 39 heavy (non-hydrogen) atoms. The van der Waals surface area contributed by atoms with E-state index in [0.717, 1.165) is 0 Å². The molecule has 0 rings (SSSR count). The molecule has 0 aliphatic carbocycles. The molecule has 0 heterocycles. The Balaban J connectivity index is 3.64. The fourth-order valence-corrected chi connectivity index (χ4v) is 6.10. The van der Waals surface area contributed by atoms with Crippen LogP contribution in [-0.2, 0) is 0 Å². The van der Waals surface area contributed by atoms with Crippen LogP contribution in [-0.4, -0.2) is 88.4 Å². The van der Waals surface area contributed by atoms with Crippen LogP contribution in [0.5, 0.6) is 0 Å². The Labute approximate surface area is 249 Å². The summed E-state index contributed by atoms with van der Waals surface area (Å²) in [6.45, 7) is 12.5. The fourth-order valence-electron chi connectivity index (χ4n) is 6.10. The summed E-state index contributed by atoms with van der Waals surface area (Å²) in [5.74, 6) is 0. The van der Waals surface area contributed by atoms with Crippen LogP contribution in [0.4, 0.5) is 0 Å². The third-order valence-corrected chi connectivity index (χ3v) is 9.09. The van der Waals surface area contributed by atoms with Crippen molar-refractivity contribution in [1.82, 2.24) is 4.90 Å². The molecule has 0 bridgehead atoms. The van der Waals surface area contributed by atoms with E-state index in [1.807, 2.05) is 0 Å². The van der Waals surface area contributed by atoms with Crippen LogP contribution in [0.1, 0.15) is 162 Å². The first kappa shape index (κ1) is 38.9. The lowest BCUT2D eigenvalue weighted by molar-refractivity contribution is -0.891. The average molecular weight is 554 g/mol. The van der Waals surface area contributed by atoms with E-state index >= 15 is 0 Å². The second kappa shape index (κ2) is 26.8. The fraction of sp³-hybridized carbons (Fsp3) is 1.00. The number of nitrogens with zero attached hydrogens (tertiary/aromatic N) is 3. The zero-order chi connectivity index (χ0) is 29.1. The van der Waals surface area contributed by atoms with Gasteiger partial charge in [0.05, 0.1) is 54.4 Å². The van der Waals surface area contributed by atoms with Gasteiger partial charge in [0.15, 0.2) is 0 Å². The molecule has 0 aromatic carbocycles. The van der Waals surface area contributed by atoms with Crippen molar-refractivity contribution in [3.05, 3.63) is 0 Å². The highest BCUT2D eigenvalue weighted by Crippen LogP contribution is 2.14. The van der Waals surface area contributed by atoms with Crippen LogP contribution in [0.15, 0.2) is 0 Å². The van der Waals surface area contributed by atoms with Gasteiger partial charge in [-0.05, 0) is 32.7 Å². The molecule has 0 radical (unpaired) electrons. The molecule has 0 saturated carbocycles. The lowest BCUT2D eigenvalue weighted by atomic mass is 10.1. The largest absolute Gasteiger partial charge is 0.328 e. The molecule has 0 aromatic heterocycles. The van der Waals surface area contributed by atoms with Gasteiger partial charge in [-0.1, -0.05) is 123 Å². The summed E-state index contributed by atoms with van der Waals surface area (Å²) in [5, 5.41) is 0. The Hall–Kier alpha value is -0.120. The van der Waals surface area contributed by atoms with E-state index in [9.17, 15) is 0 Å². The highest BCUT2D eigenvalue weighted by molar-refractivity contribution is 4.54. The van der Waals surface area contributed by atoms with Crippen molar-refractivity contribution >= 4 is 0 Å². The van der Waals surface area contributed by atoms with Crippen LogP contribution >= 0.6 is 0 Å². The van der Waals surface area contributed by atoms with Crippen LogP contribution in [0.25, 0.3) is 0 Å². The second-order valence-electron chi connectivity index (χ2n) is 14.5. The van der Waals surface area contributed by atoms with Gasteiger partial charge in [-0.3, -0.25) is 0 Å². The van der Waals surface area contributed by atoms with Gasteiger partial charge >= 0.3 is 0 Å². The summed E-state index contributed by atoms with van der Waals surface area (Å²) in [6, 6.07) is 0. The van der Waals surface area contributed by atoms with Crippen molar-refractivity contribution in [1.29, 1.82) is 0 Å². The number of rotatable bonds is 31. The molecule has 0 amide bonds. The SMILES string of the molecule is CCCCCCCCCCCCC[N+](C)(C)CCCN(C)CCC[N+](C)(C)CCCCCCCCCCCC. The predicted octanol–water partition coefficient (Wildman–Crippen LogP) is 10.1. The minimum Gasteiger partial charge on any atom is -0.328 e. The average Bonchev–Trinajstić information content (AvgIpc) is 2.88. The van der Waals surface area contributed by atoms with Crippen LogP contribution in [0, 0.1) is 0 Å². The molecule has 0 atom stereocenters. The van der Waals surface area contributed by atoms with Gasteiger partial charge in [0.2, 0.25) is 0 Å². The number of unbranched alkanes of at least 4 members (excludes halogenated alkanes) is 19. The van der Waals surface area contributed by atoms with Gasteiger partial charge in [-0.2, -0.15) is 0 Å². The van der Waals surface area contributed by atoms with E-state index in [1.54, 1.807) is 0 Å². The van der Waals surface area contributed by atoms with Crippen molar-refractivity contribution in [2.24, 2.45) is 0 Å². The topological polar surface area (TPSA) is 3.24 Å². The van der Waals surface area contributed by atoms with E-state index < -0.39 is 0 Å². The summed E-state index contributed by atoms with van der Waals surface area (Å²) in [5.41, 5.74) is 0. The second-order valence-corrected chi connectivity index (χ2v) is 14.5. The maximum atomic E-state index is 2.59. The van der Waals surface area contributed by atoms with E-state index in [2.05, 4.69) is 54.0 Å². The highest BCUT2D eigenvalue weighted by Gasteiger charge is 2.16. The van der Waals surface area contributed by atoms with Gasteiger partial charge in [-0.25, -0.2) is 0 Å². The van der Waals surface area contributed by atoms with E-state index in [0.29, 0.717) is 0 Å². The van der Waals surface area contributed by atoms with Crippen molar-refractivity contribution in [3.63, 3.8) is 0 Å². The molecule has 3 heteroatoms. The summed E-state index contributed by atoms with van der Waals surface area (Å²) in [6.07, 6.45) is 32.9. The molecule has 0 unspecified atom stereocenters. The normalized spacial score (nSPS) is 12.6. The standard InChI is InChI=1S/C36H79N3/c1-8-10-12-14-16-18-20-22-24-26-28-34-39(6,7)36-30-32-37(3)31-29-35-38(4,5)33-27-25-23-21-19-17-15-13-11-9-2/h8-36H2,1-7H3/q+2. The molecule has 0 aliphatic rings. The minimum atomic E-state index is 1.20. The number of hydrogen-bond donors (Lipinski definition) is 0. The number of quaternary nitrogens is 2. The van der Waals surface area contributed by atoms with E-state index in [1.165, 1.54) is 196 Å². The van der Waals surface area contributed by atoms with E-state index in [-0.39, 0.29) is 0 Å². The van der Waals surface area contributed by atoms with Crippen molar-refractivity contribution in [2.75, 3.05) is 74.5 Å². The van der Waals surface area contributed by atoms with Gasteiger partial charge in [0.1, 0.15) is 0 Å². The first-order valence-corrected chi connectivity index (χ1v) is 18.0. The molecule has 3 nitrogen and oxygen atoms in total. The first-order chi connectivity index (χ1) is 18.7. The molecule has 0 N–H and O–H groups in total. The number of hydrogen-bond acceptors (Lipinski definition) is 1. The van der Waals surface area contributed by atoms with Gasteiger partial charge in [0.25, 0.3) is 0 Å². The molecule has 236 valence electrons. The van der Waals surface area contributed by atoms with E-state index in [4.69, 9.17) is 0 Å². The van der Waals surface area contributed by atoms with Crippen LogP contribution in [0.3, 0.4) is 0 Å². The Kier molecular flexibility index (Phi) is 26.7. The Morgan fingerprint density at radius 1 is 0.333 bits per heavy atom. The van der Waals surface area contributed by atoms with Gasteiger partial charge in [0, 0.05) is 25.9 Å². The summed E-state index contributed by atoms with van der Waals surface area (Å²) < 4.78 is 2.40. The third-order valence-electron chi connectivity index (χ3n) is 9.09. The van der Waals surface area contributed by atoms with Crippen LogP contribution in [0.2, 0.25) is 0 Å².